The second-order valence-corrected chi connectivity index (χ2v) is 8.06. The maximum atomic E-state index is 14.3. The van der Waals surface area contributed by atoms with Crippen LogP contribution in [-0.4, -0.2) is 19.0 Å². The summed E-state index contributed by atoms with van der Waals surface area (Å²) in [6.45, 7) is 6.03. The average molecular weight is 401 g/mol. The molecule has 29 heavy (non-hydrogen) atoms. The Morgan fingerprint density at radius 1 is 1.00 bits per heavy atom. The number of amides is 1. The summed E-state index contributed by atoms with van der Waals surface area (Å²) in [5, 5.41) is 3.46. The van der Waals surface area contributed by atoms with Gasteiger partial charge in [0.15, 0.2) is 0 Å². The van der Waals surface area contributed by atoms with E-state index < -0.39 is 11.6 Å². The van der Waals surface area contributed by atoms with E-state index in [2.05, 4.69) is 5.32 Å². The van der Waals surface area contributed by atoms with Crippen LogP contribution in [-0.2, 0) is 11.3 Å². The summed E-state index contributed by atoms with van der Waals surface area (Å²) in [5.74, 6) is -1.17. The van der Waals surface area contributed by atoms with E-state index in [0.717, 1.165) is 43.1 Å². The molecule has 0 saturated carbocycles. The van der Waals surface area contributed by atoms with Crippen LogP contribution < -0.4 is 10.2 Å². The lowest BCUT2D eigenvalue weighted by Crippen LogP contribution is -2.36. The van der Waals surface area contributed by atoms with Crippen molar-refractivity contribution in [3.8, 4) is 11.1 Å². The van der Waals surface area contributed by atoms with Gasteiger partial charge in [0.1, 0.15) is 11.6 Å². The van der Waals surface area contributed by atoms with Gasteiger partial charge in [-0.15, -0.1) is 0 Å². The van der Waals surface area contributed by atoms with Gasteiger partial charge in [-0.2, -0.15) is 0 Å². The average Bonchev–Trinajstić information content (AvgIpc) is 2.68. The molecule has 0 bridgehead atoms. The van der Waals surface area contributed by atoms with E-state index in [9.17, 15) is 13.6 Å². The molecule has 2 aromatic rings. The second kappa shape index (κ2) is 9.97. The summed E-state index contributed by atoms with van der Waals surface area (Å²) in [7, 11) is 0. The van der Waals surface area contributed by atoms with Gasteiger partial charge in [0.2, 0.25) is 5.91 Å². The minimum Gasteiger partial charge on any atom is -0.313 e. The number of hydrogen-bond acceptors (Lipinski definition) is 2. The summed E-state index contributed by atoms with van der Waals surface area (Å²) < 4.78 is 27.6. The molecule has 0 saturated heterocycles. The Hall–Kier alpha value is -2.27. The third-order valence-corrected chi connectivity index (χ3v) is 5.42. The summed E-state index contributed by atoms with van der Waals surface area (Å²) in [5.41, 5.74) is 2.89. The molecule has 2 aromatic carbocycles. The highest BCUT2D eigenvalue weighted by atomic mass is 19.1. The fourth-order valence-electron chi connectivity index (χ4n) is 3.82. The van der Waals surface area contributed by atoms with E-state index in [1.54, 1.807) is 0 Å². The van der Waals surface area contributed by atoms with Gasteiger partial charge in [-0.1, -0.05) is 39.2 Å². The summed E-state index contributed by atoms with van der Waals surface area (Å²) in [6, 6.07) is 9.28. The van der Waals surface area contributed by atoms with Crippen molar-refractivity contribution in [2.45, 2.75) is 52.5 Å². The standard InChI is InChI=1S/C24H30F2N2O/c1-17(2)24(29)28-13-7-5-3-4-6-12-27-16-19-14-18(8-11-23(19)28)21-10-9-20(25)15-22(21)26/h8-11,14-15,17,27H,3-7,12-13,16H2,1-2H3. The lowest BCUT2D eigenvalue weighted by atomic mass is 9.99. The van der Waals surface area contributed by atoms with Crippen LogP contribution in [0.25, 0.3) is 11.1 Å². The van der Waals surface area contributed by atoms with Crippen LogP contribution in [0.3, 0.4) is 0 Å². The third kappa shape index (κ3) is 5.41. The van der Waals surface area contributed by atoms with Crippen molar-refractivity contribution in [2.75, 3.05) is 18.0 Å². The summed E-state index contributed by atoms with van der Waals surface area (Å²) in [4.78, 5) is 14.8. The van der Waals surface area contributed by atoms with Gasteiger partial charge >= 0.3 is 0 Å². The predicted octanol–water partition coefficient (Wildman–Crippen LogP) is 5.67. The number of carbonyl (C=O) groups excluding carboxylic acids is 1. The molecule has 1 aliphatic heterocycles. The molecule has 0 radical (unpaired) electrons. The van der Waals surface area contributed by atoms with Crippen molar-refractivity contribution in [1.82, 2.24) is 5.32 Å². The number of fused-ring (bicyclic) bond motifs is 1. The molecule has 0 unspecified atom stereocenters. The number of halogens is 2. The van der Waals surface area contributed by atoms with Crippen LogP contribution in [0.15, 0.2) is 36.4 Å². The van der Waals surface area contributed by atoms with Crippen molar-refractivity contribution < 1.29 is 13.6 Å². The monoisotopic (exact) mass is 400 g/mol. The van der Waals surface area contributed by atoms with Crippen molar-refractivity contribution in [3.63, 3.8) is 0 Å². The van der Waals surface area contributed by atoms with Crippen LogP contribution in [0.4, 0.5) is 14.5 Å². The quantitative estimate of drug-likeness (QED) is 0.704. The smallest absolute Gasteiger partial charge is 0.229 e. The van der Waals surface area contributed by atoms with Gasteiger partial charge in [-0.3, -0.25) is 4.79 Å². The maximum Gasteiger partial charge on any atom is 0.229 e. The Kier molecular flexibility index (Phi) is 7.37. The highest BCUT2D eigenvalue weighted by molar-refractivity contribution is 5.95. The number of nitrogens with zero attached hydrogens (tertiary/aromatic N) is 1. The van der Waals surface area contributed by atoms with Crippen molar-refractivity contribution in [1.29, 1.82) is 0 Å². The molecule has 5 heteroatoms. The molecular formula is C24H30F2N2O. The van der Waals surface area contributed by atoms with Crippen LogP contribution >= 0.6 is 0 Å². The lowest BCUT2D eigenvalue weighted by Gasteiger charge is -2.28. The first-order chi connectivity index (χ1) is 14.0. The predicted molar refractivity (Wildman–Crippen MR) is 114 cm³/mol. The van der Waals surface area contributed by atoms with Crippen LogP contribution in [0.2, 0.25) is 0 Å². The zero-order chi connectivity index (χ0) is 20.8. The number of nitrogens with one attached hydrogen (secondary N) is 1. The van der Waals surface area contributed by atoms with E-state index >= 15 is 0 Å². The number of rotatable bonds is 2. The molecule has 1 amide bonds. The zero-order valence-corrected chi connectivity index (χ0v) is 17.3. The molecule has 0 aliphatic carbocycles. The van der Waals surface area contributed by atoms with Crippen molar-refractivity contribution >= 4 is 11.6 Å². The highest BCUT2D eigenvalue weighted by Gasteiger charge is 2.22. The third-order valence-electron chi connectivity index (χ3n) is 5.42. The normalized spacial score (nSPS) is 16.1. The van der Waals surface area contributed by atoms with Gasteiger partial charge in [0, 0.05) is 36.3 Å². The molecule has 156 valence electrons. The van der Waals surface area contributed by atoms with Gasteiger partial charge in [-0.05, 0) is 54.8 Å². The first-order valence-electron chi connectivity index (χ1n) is 10.6. The number of carbonyl (C=O) groups is 1. The Labute approximate surface area is 172 Å². The molecule has 0 atom stereocenters. The molecule has 1 N–H and O–H groups in total. The fraction of sp³-hybridized carbons (Fsp3) is 0.458. The first-order valence-corrected chi connectivity index (χ1v) is 10.6. The van der Waals surface area contributed by atoms with Crippen molar-refractivity contribution in [3.05, 3.63) is 53.6 Å². The molecule has 0 fully saturated rings. The summed E-state index contributed by atoms with van der Waals surface area (Å²) in [6.07, 6.45) is 5.56. The highest BCUT2D eigenvalue weighted by Crippen LogP contribution is 2.31. The van der Waals surface area contributed by atoms with Gasteiger partial charge in [0.25, 0.3) is 0 Å². The largest absolute Gasteiger partial charge is 0.313 e. The van der Waals surface area contributed by atoms with Crippen LogP contribution in [0.1, 0.15) is 51.5 Å². The minimum atomic E-state index is -0.590. The molecule has 1 heterocycles. The maximum absolute atomic E-state index is 14.3. The second-order valence-electron chi connectivity index (χ2n) is 8.06. The number of benzene rings is 2. The van der Waals surface area contributed by atoms with Crippen molar-refractivity contribution in [2.24, 2.45) is 5.92 Å². The molecular weight excluding hydrogens is 370 g/mol. The van der Waals surface area contributed by atoms with Gasteiger partial charge in [0.05, 0.1) is 0 Å². The first kappa shape index (κ1) is 21.4. The van der Waals surface area contributed by atoms with Gasteiger partial charge in [-0.25, -0.2) is 8.78 Å². The number of anilines is 1. The van der Waals surface area contributed by atoms with E-state index in [4.69, 9.17) is 0 Å². The van der Waals surface area contributed by atoms with E-state index in [-0.39, 0.29) is 11.8 Å². The lowest BCUT2D eigenvalue weighted by molar-refractivity contribution is -0.121. The Balaban J connectivity index is 2.02. The molecule has 0 spiro atoms. The molecule has 3 rings (SSSR count). The summed E-state index contributed by atoms with van der Waals surface area (Å²) >= 11 is 0. The Morgan fingerprint density at radius 2 is 1.76 bits per heavy atom. The Bertz CT molecular complexity index is 851. The number of hydrogen-bond donors (Lipinski definition) is 1. The fourth-order valence-corrected chi connectivity index (χ4v) is 3.82. The molecule has 1 aliphatic rings. The molecule has 0 aromatic heterocycles. The van der Waals surface area contributed by atoms with E-state index in [0.29, 0.717) is 24.2 Å². The zero-order valence-electron chi connectivity index (χ0n) is 17.3. The van der Waals surface area contributed by atoms with E-state index in [1.165, 1.54) is 25.0 Å². The van der Waals surface area contributed by atoms with Gasteiger partial charge < -0.3 is 10.2 Å². The SMILES string of the molecule is CC(C)C(=O)N1CCCCCCCNCc2cc(-c3ccc(F)cc3F)ccc21. The molecule has 3 nitrogen and oxygen atoms in total. The van der Waals surface area contributed by atoms with Crippen LogP contribution in [0.5, 0.6) is 0 Å². The van der Waals surface area contributed by atoms with E-state index in [1.807, 2.05) is 36.9 Å². The van der Waals surface area contributed by atoms with Crippen LogP contribution in [0, 0.1) is 17.6 Å². The Morgan fingerprint density at radius 3 is 2.52 bits per heavy atom. The minimum absolute atomic E-state index is 0.0991. The topological polar surface area (TPSA) is 32.3 Å².